The summed E-state index contributed by atoms with van der Waals surface area (Å²) in [4.78, 5) is 14.2. The fourth-order valence-electron chi connectivity index (χ4n) is 4.63. The Kier molecular flexibility index (Phi) is 7.89. The van der Waals surface area contributed by atoms with Crippen molar-refractivity contribution in [3.63, 3.8) is 0 Å². The van der Waals surface area contributed by atoms with E-state index in [0.29, 0.717) is 11.5 Å². The maximum absolute atomic E-state index is 12.0. The molecule has 176 valence electrons. The Bertz CT molecular complexity index is 811. The summed E-state index contributed by atoms with van der Waals surface area (Å²) in [6, 6.07) is 8.62. The second-order valence-electron chi connectivity index (χ2n) is 10.3. The Hall–Kier alpha value is -2.46. The van der Waals surface area contributed by atoms with E-state index >= 15 is 0 Å². The van der Waals surface area contributed by atoms with Crippen molar-refractivity contribution < 1.29 is 14.3 Å². The molecule has 1 aliphatic heterocycles. The number of amides is 1. The van der Waals surface area contributed by atoms with Crippen LogP contribution < -0.4 is 15.5 Å². The molecule has 1 amide bonds. The van der Waals surface area contributed by atoms with Crippen LogP contribution in [-0.2, 0) is 9.47 Å². The van der Waals surface area contributed by atoms with Gasteiger partial charge in [0.25, 0.3) is 0 Å². The number of nitriles is 1. The standard InChI is InChI=1S/C25H38N4O3/c1-17-15-29(16-18(2)31-17)23-11-10-22(12-20(23)13-26)27-14-19-6-8-21(9-7-19)28-24(30)32-25(3,4)5/h10-12,17-19,21,27H,6-9,14-16H2,1-5H3,(H,28,30). The predicted molar refractivity (Wildman–Crippen MR) is 127 cm³/mol. The zero-order valence-corrected chi connectivity index (χ0v) is 20.1. The van der Waals surface area contributed by atoms with E-state index in [1.807, 2.05) is 32.9 Å². The average molecular weight is 443 g/mol. The molecule has 7 nitrogen and oxygen atoms in total. The van der Waals surface area contributed by atoms with Crippen molar-refractivity contribution in [1.29, 1.82) is 5.26 Å². The third-order valence-corrected chi connectivity index (χ3v) is 6.04. The number of anilines is 2. The van der Waals surface area contributed by atoms with E-state index in [9.17, 15) is 10.1 Å². The van der Waals surface area contributed by atoms with Crippen LogP contribution >= 0.6 is 0 Å². The Morgan fingerprint density at radius 3 is 2.44 bits per heavy atom. The van der Waals surface area contributed by atoms with Gasteiger partial charge in [-0.1, -0.05) is 0 Å². The second-order valence-corrected chi connectivity index (χ2v) is 10.3. The van der Waals surface area contributed by atoms with Gasteiger partial charge in [0.15, 0.2) is 0 Å². The summed E-state index contributed by atoms with van der Waals surface area (Å²) in [6.45, 7) is 12.2. The first-order chi connectivity index (χ1) is 15.1. The third-order valence-electron chi connectivity index (χ3n) is 6.04. The first-order valence-corrected chi connectivity index (χ1v) is 11.8. The molecule has 32 heavy (non-hydrogen) atoms. The molecule has 2 aliphatic rings. The highest BCUT2D eigenvalue weighted by Gasteiger charge is 2.26. The Balaban J connectivity index is 1.48. The lowest BCUT2D eigenvalue weighted by Crippen LogP contribution is -2.45. The second kappa shape index (κ2) is 10.4. The molecular weight excluding hydrogens is 404 g/mol. The van der Waals surface area contributed by atoms with E-state index in [1.54, 1.807) is 0 Å². The van der Waals surface area contributed by atoms with Gasteiger partial charge in [-0.2, -0.15) is 5.26 Å². The van der Waals surface area contributed by atoms with E-state index in [1.165, 1.54) is 0 Å². The first kappa shape index (κ1) is 24.2. The van der Waals surface area contributed by atoms with Crippen LogP contribution in [-0.4, -0.2) is 49.6 Å². The molecule has 2 N–H and O–H groups in total. The van der Waals surface area contributed by atoms with Crippen LogP contribution in [0.1, 0.15) is 65.9 Å². The van der Waals surface area contributed by atoms with Gasteiger partial charge in [-0.3, -0.25) is 0 Å². The molecule has 1 saturated heterocycles. The van der Waals surface area contributed by atoms with Crippen LogP contribution in [0.2, 0.25) is 0 Å². The highest BCUT2D eigenvalue weighted by molar-refractivity contribution is 5.68. The van der Waals surface area contributed by atoms with Crippen LogP contribution in [0.15, 0.2) is 18.2 Å². The highest BCUT2D eigenvalue weighted by Crippen LogP contribution is 2.29. The van der Waals surface area contributed by atoms with E-state index in [-0.39, 0.29) is 24.3 Å². The molecule has 2 atom stereocenters. The van der Waals surface area contributed by atoms with Crippen molar-refractivity contribution in [1.82, 2.24) is 5.32 Å². The third kappa shape index (κ3) is 7.03. The van der Waals surface area contributed by atoms with E-state index in [4.69, 9.17) is 9.47 Å². The minimum atomic E-state index is -0.471. The van der Waals surface area contributed by atoms with Crippen molar-refractivity contribution >= 4 is 17.5 Å². The van der Waals surface area contributed by atoms with E-state index in [0.717, 1.165) is 56.7 Å². The van der Waals surface area contributed by atoms with Crippen molar-refractivity contribution in [2.45, 2.75) is 84.2 Å². The van der Waals surface area contributed by atoms with Gasteiger partial charge in [-0.05, 0) is 84.4 Å². The molecule has 1 aliphatic carbocycles. The molecule has 2 unspecified atom stereocenters. The molecule has 0 bridgehead atoms. The molecule has 1 aromatic rings. The number of carbonyl (C=O) groups excluding carboxylic acids is 1. The molecule has 0 aromatic heterocycles. The lowest BCUT2D eigenvalue weighted by Gasteiger charge is -2.37. The summed E-state index contributed by atoms with van der Waals surface area (Å²) >= 11 is 0. The normalized spacial score (nSPS) is 26.2. The highest BCUT2D eigenvalue weighted by atomic mass is 16.6. The monoisotopic (exact) mass is 442 g/mol. The van der Waals surface area contributed by atoms with Gasteiger partial charge in [-0.15, -0.1) is 0 Å². The summed E-state index contributed by atoms with van der Waals surface area (Å²) < 4.78 is 11.2. The van der Waals surface area contributed by atoms with E-state index < -0.39 is 5.60 Å². The quantitative estimate of drug-likeness (QED) is 0.689. The number of hydrogen-bond donors (Lipinski definition) is 2. The van der Waals surface area contributed by atoms with Crippen LogP contribution in [0, 0.1) is 17.2 Å². The number of morpholine rings is 1. The van der Waals surface area contributed by atoms with Crippen molar-refractivity contribution in [2.24, 2.45) is 5.92 Å². The summed E-state index contributed by atoms with van der Waals surface area (Å²) in [5, 5.41) is 16.2. The smallest absolute Gasteiger partial charge is 0.407 e. The number of ether oxygens (including phenoxy) is 2. The molecule has 2 fully saturated rings. The number of benzene rings is 1. The van der Waals surface area contributed by atoms with Crippen molar-refractivity contribution in [2.75, 3.05) is 29.9 Å². The van der Waals surface area contributed by atoms with Crippen LogP contribution in [0.25, 0.3) is 0 Å². The van der Waals surface area contributed by atoms with Crippen molar-refractivity contribution in [3.8, 4) is 6.07 Å². The van der Waals surface area contributed by atoms with Gasteiger partial charge in [0.05, 0.1) is 23.5 Å². The SMILES string of the molecule is CC1CN(c2ccc(NCC3CCC(NC(=O)OC(C)(C)C)CC3)cc2C#N)CC(C)O1. The van der Waals surface area contributed by atoms with Gasteiger partial charge in [0, 0.05) is 31.4 Å². The minimum Gasteiger partial charge on any atom is -0.444 e. The molecule has 1 aromatic carbocycles. The van der Waals surface area contributed by atoms with Crippen LogP contribution in [0.5, 0.6) is 0 Å². The predicted octanol–water partition coefficient (Wildman–Crippen LogP) is 4.67. The maximum Gasteiger partial charge on any atom is 0.407 e. The number of nitrogens with zero attached hydrogens (tertiary/aromatic N) is 2. The zero-order valence-electron chi connectivity index (χ0n) is 20.1. The number of hydrogen-bond acceptors (Lipinski definition) is 6. The molecule has 0 radical (unpaired) electrons. The van der Waals surface area contributed by atoms with Gasteiger partial charge < -0.3 is 25.0 Å². The van der Waals surface area contributed by atoms with E-state index in [2.05, 4.69) is 41.5 Å². The number of carbonyl (C=O) groups is 1. The number of nitrogens with one attached hydrogen (secondary N) is 2. The summed E-state index contributed by atoms with van der Waals surface area (Å²) in [5.74, 6) is 0.554. The van der Waals surface area contributed by atoms with Gasteiger partial charge in [0.2, 0.25) is 0 Å². The average Bonchev–Trinajstić information content (AvgIpc) is 2.71. The Labute approximate surface area is 192 Å². The minimum absolute atomic E-state index is 0.156. The molecule has 3 rings (SSSR count). The van der Waals surface area contributed by atoms with Gasteiger partial charge in [0.1, 0.15) is 11.7 Å². The lowest BCUT2D eigenvalue weighted by molar-refractivity contribution is -0.00523. The fourth-order valence-corrected chi connectivity index (χ4v) is 4.63. The van der Waals surface area contributed by atoms with Crippen molar-refractivity contribution in [3.05, 3.63) is 23.8 Å². The summed E-state index contributed by atoms with van der Waals surface area (Å²) in [5.41, 5.74) is 2.19. The number of rotatable bonds is 5. The lowest BCUT2D eigenvalue weighted by atomic mass is 9.86. The molecule has 1 saturated carbocycles. The Morgan fingerprint density at radius 1 is 1.19 bits per heavy atom. The molecule has 7 heteroatoms. The zero-order chi connectivity index (χ0) is 23.3. The Morgan fingerprint density at radius 2 is 1.84 bits per heavy atom. The molecule has 1 heterocycles. The maximum atomic E-state index is 12.0. The van der Waals surface area contributed by atoms with Gasteiger partial charge in [-0.25, -0.2) is 4.79 Å². The first-order valence-electron chi connectivity index (χ1n) is 11.8. The summed E-state index contributed by atoms with van der Waals surface area (Å²) in [6.07, 6.45) is 4.02. The topological polar surface area (TPSA) is 86.6 Å². The summed E-state index contributed by atoms with van der Waals surface area (Å²) in [7, 11) is 0. The fraction of sp³-hybridized carbons (Fsp3) is 0.680. The molecule has 0 spiro atoms. The molecular formula is C25H38N4O3. The van der Waals surface area contributed by atoms with Gasteiger partial charge >= 0.3 is 6.09 Å². The van der Waals surface area contributed by atoms with Crippen LogP contribution in [0.3, 0.4) is 0 Å². The number of alkyl carbamates (subject to hydrolysis) is 1. The van der Waals surface area contributed by atoms with Crippen LogP contribution in [0.4, 0.5) is 16.2 Å². The largest absolute Gasteiger partial charge is 0.444 e.